The van der Waals surface area contributed by atoms with Gasteiger partial charge in [-0.15, -0.1) is 0 Å². The molecule has 0 amide bonds. The second-order valence-electron chi connectivity index (χ2n) is 12.9. The standard InChI is InChI=1S/C29H44O2/c1-18(2)7-6-8-19(3)20-9-10-21-26-22(11-13-27(20,21)4)28(5)14-12-25(31)29(15-16-29)24(28)17-23(26)30/h7,17,19-22,25-26,31H,6,8-16H2,1-5H3/t19-,20-,21+,22+,25?,26+,27-,28-/m1/s1. The maximum atomic E-state index is 13.7. The summed E-state index contributed by atoms with van der Waals surface area (Å²) in [6.07, 6.45) is 16.0. The van der Waals surface area contributed by atoms with Crippen molar-refractivity contribution < 1.29 is 9.90 Å². The normalized spacial score (nSPS) is 45.9. The van der Waals surface area contributed by atoms with Gasteiger partial charge < -0.3 is 5.11 Å². The van der Waals surface area contributed by atoms with E-state index in [0.717, 1.165) is 37.5 Å². The van der Waals surface area contributed by atoms with Crippen LogP contribution in [-0.4, -0.2) is 17.0 Å². The number of aliphatic hydroxyl groups is 1. The van der Waals surface area contributed by atoms with Gasteiger partial charge >= 0.3 is 0 Å². The highest BCUT2D eigenvalue weighted by Gasteiger charge is 2.66. The number of aliphatic hydroxyl groups excluding tert-OH is 1. The molecule has 5 rings (SSSR count). The smallest absolute Gasteiger partial charge is 0.159 e. The monoisotopic (exact) mass is 424 g/mol. The van der Waals surface area contributed by atoms with Crippen molar-refractivity contribution in [2.45, 2.75) is 105 Å². The summed E-state index contributed by atoms with van der Waals surface area (Å²) in [5.41, 5.74) is 3.22. The number of fused-ring (bicyclic) bond motifs is 6. The second kappa shape index (κ2) is 7.31. The molecular weight excluding hydrogens is 380 g/mol. The van der Waals surface area contributed by atoms with E-state index in [4.69, 9.17) is 0 Å². The predicted molar refractivity (Wildman–Crippen MR) is 126 cm³/mol. The molecular formula is C29H44O2. The van der Waals surface area contributed by atoms with Gasteiger partial charge in [-0.2, -0.15) is 0 Å². The second-order valence-corrected chi connectivity index (χ2v) is 12.9. The quantitative estimate of drug-likeness (QED) is 0.500. The highest BCUT2D eigenvalue weighted by molar-refractivity contribution is 5.95. The minimum absolute atomic E-state index is 0.0357. The van der Waals surface area contributed by atoms with Gasteiger partial charge in [0.05, 0.1) is 6.10 Å². The number of hydrogen-bond acceptors (Lipinski definition) is 2. The molecule has 0 aromatic carbocycles. The summed E-state index contributed by atoms with van der Waals surface area (Å²) in [7, 11) is 0. The molecule has 1 spiro atoms. The summed E-state index contributed by atoms with van der Waals surface area (Å²) in [5, 5.41) is 10.8. The predicted octanol–water partition coefficient (Wildman–Crippen LogP) is 6.88. The van der Waals surface area contributed by atoms with E-state index in [1.54, 1.807) is 0 Å². The zero-order valence-electron chi connectivity index (χ0n) is 20.5. The molecule has 0 heterocycles. The van der Waals surface area contributed by atoms with E-state index >= 15 is 0 Å². The van der Waals surface area contributed by atoms with Crippen LogP contribution in [0.4, 0.5) is 0 Å². The third-order valence-corrected chi connectivity index (χ3v) is 11.2. The molecule has 5 aliphatic rings. The van der Waals surface area contributed by atoms with E-state index in [0.29, 0.717) is 23.0 Å². The van der Waals surface area contributed by atoms with Gasteiger partial charge in [0.15, 0.2) is 5.78 Å². The Morgan fingerprint density at radius 3 is 2.52 bits per heavy atom. The molecule has 1 unspecified atom stereocenters. The maximum absolute atomic E-state index is 13.7. The zero-order valence-corrected chi connectivity index (χ0v) is 20.5. The molecule has 0 aromatic heterocycles. The topological polar surface area (TPSA) is 37.3 Å². The first-order chi connectivity index (χ1) is 14.6. The molecule has 4 fully saturated rings. The van der Waals surface area contributed by atoms with Crippen LogP contribution in [0.5, 0.6) is 0 Å². The third kappa shape index (κ3) is 3.10. The van der Waals surface area contributed by atoms with Crippen LogP contribution < -0.4 is 0 Å². The molecule has 172 valence electrons. The van der Waals surface area contributed by atoms with Gasteiger partial charge in [-0.1, -0.05) is 38.0 Å². The van der Waals surface area contributed by atoms with Crippen LogP contribution in [0.3, 0.4) is 0 Å². The minimum Gasteiger partial charge on any atom is -0.392 e. The molecule has 4 saturated carbocycles. The van der Waals surface area contributed by atoms with E-state index in [1.807, 2.05) is 0 Å². The van der Waals surface area contributed by atoms with E-state index in [1.165, 1.54) is 49.7 Å². The fraction of sp³-hybridized carbons (Fsp3) is 0.828. The van der Waals surface area contributed by atoms with Crippen LogP contribution in [0.1, 0.15) is 98.8 Å². The number of rotatable bonds is 4. The van der Waals surface area contributed by atoms with Crippen LogP contribution >= 0.6 is 0 Å². The van der Waals surface area contributed by atoms with Gasteiger partial charge in [-0.25, -0.2) is 0 Å². The van der Waals surface area contributed by atoms with Gasteiger partial charge in [0.1, 0.15) is 0 Å². The lowest BCUT2D eigenvalue weighted by Gasteiger charge is -2.59. The van der Waals surface area contributed by atoms with Crippen molar-refractivity contribution in [3.63, 3.8) is 0 Å². The molecule has 0 aliphatic heterocycles. The molecule has 2 heteroatoms. The summed E-state index contributed by atoms with van der Waals surface area (Å²) < 4.78 is 0. The molecule has 0 radical (unpaired) electrons. The molecule has 31 heavy (non-hydrogen) atoms. The van der Waals surface area contributed by atoms with Crippen LogP contribution in [-0.2, 0) is 4.79 Å². The Balaban J connectivity index is 1.42. The van der Waals surface area contributed by atoms with Crippen molar-refractivity contribution in [1.29, 1.82) is 0 Å². The van der Waals surface area contributed by atoms with Crippen LogP contribution in [0, 0.1) is 45.8 Å². The highest BCUT2D eigenvalue weighted by Crippen LogP contribution is 2.72. The van der Waals surface area contributed by atoms with E-state index in [-0.39, 0.29) is 22.9 Å². The number of ketones is 1. The fourth-order valence-corrected chi connectivity index (χ4v) is 9.33. The number of hydrogen-bond donors (Lipinski definition) is 1. The molecule has 1 N–H and O–H groups in total. The minimum atomic E-state index is -0.220. The Morgan fingerprint density at radius 2 is 1.84 bits per heavy atom. The van der Waals surface area contributed by atoms with E-state index in [2.05, 4.69) is 46.8 Å². The largest absolute Gasteiger partial charge is 0.392 e. The Kier molecular flexibility index (Phi) is 5.17. The summed E-state index contributed by atoms with van der Waals surface area (Å²) in [4.78, 5) is 13.7. The van der Waals surface area contributed by atoms with Crippen LogP contribution in [0.2, 0.25) is 0 Å². The van der Waals surface area contributed by atoms with Gasteiger partial charge in [-0.05, 0) is 119 Å². The number of allylic oxidation sites excluding steroid dienone is 3. The molecule has 8 atom stereocenters. The summed E-state index contributed by atoms with van der Waals surface area (Å²) in [6, 6.07) is 0. The maximum Gasteiger partial charge on any atom is 0.159 e. The molecule has 5 aliphatic carbocycles. The lowest BCUT2D eigenvalue weighted by atomic mass is 9.45. The zero-order chi connectivity index (χ0) is 22.2. The molecule has 0 bridgehead atoms. The summed E-state index contributed by atoms with van der Waals surface area (Å²) >= 11 is 0. The van der Waals surface area contributed by atoms with Gasteiger partial charge in [0.2, 0.25) is 0 Å². The Labute approximate surface area is 190 Å². The van der Waals surface area contributed by atoms with Crippen LogP contribution in [0.15, 0.2) is 23.3 Å². The summed E-state index contributed by atoms with van der Waals surface area (Å²) in [5.74, 6) is 3.22. The number of carbonyl (C=O) groups excluding carboxylic acids is 1. The van der Waals surface area contributed by atoms with Crippen molar-refractivity contribution in [3.05, 3.63) is 23.3 Å². The van der Waals surface area contributed by atoms with Crippen molar-refractivity contribution in [3.8, 4) is 0 Å². The summed E-state index contributed by atoms with van der Waals surface area (Å²) in [6.45, 7) is 11.9. The highest BCUT2D eigenvalue weighted by atomic mass is 16.3. The number of carbonyl (C=O) groups is 1. The van der Waals surface area contributed by atoms with Crippen molar-refractivity contribution >= 4 is 5.78 Å². The fourth-order valence-electron chi connectivity index (χ4n) is 9.33. The molecule has 2 nitrogen and oxygen atoms in total. The first kappa shape index (κ1) is 21.9. The Hall–Kier alpha value is -0.890. The lowest BCUT2D eigenvalue weighted by molar-refractivity contribution is -0.136. The SMILES string of the molecule is CC(C)=CCC[C@@H](C)[C@H]1CC[C@H]2[C@@H]3C(=O)C=C4C5(CC5)C(O)CC[C@]4(C)[C@H]3CC[C@]12C. The average molecular weight is 425 g/mol. The Bertz CT molecular complexity index is 813. The lowest BCUT2D eigenvalue weighted by Crippen LogP contribution is -2.55. The molecule has 0 saturated heterocycles. The van der Waals surface area contributed by atoms with Crippen LogP contribution in [0.25, 0.3) is 0 Å². The van der Waals surface area contributed by atoms with Crippen molar-refractivity contribution in [2.24, 2.45) is 45.8 Å². The third-order valence-electron chi connectivity index (χ3n) is 11.2. The van der Waals surface area contributed by atoms with Gasteiger partial charge in [0.25, 0.3) is 0 Å². The van der Waals surface area contributed by atoms with Gasteiger partial charge in [-0.3, -0.25) is 4.79 Å². The Morgan fingerprint density at radius 1 is 1.10 bits per heavy atom. The van der Waals surface area contributed by atoms with Crippen molar-refractivity contribution in [2.75, 3.05) is 0 Å². The van der Waals surface area contributed by atoms with E-state index < -0.39 is 0 Å². The average Bonchev–Trinajstić information content (AvgIpc) is 3.42. The van der Waals surface area contributed by atoms with E-state index in [9.17, 15) is 9.90 Å². The van der Waals surface area contributed by atoms with Gasteiger partial charge in [0, 0.05) is 11.3 Å². The first-order valence-corrected chi connectivity index (χ1v) is 13.2. The molecule has 0 aromatic rings. The first-order valence-electron chi connectivity index (χ1n) is 13.2. The van der Waals surface area contributed by atoms with Crippen molar-refractivity contribution in [1.82, 2.24) is 0 Å².